The quantitative estimate of drug-likeness (QED) is 0.153. The molecule has 0 amide bonds. The lowest BCUT2D eigenvalue weighted by molar-refractivity contribution is 0.407. The number of aromatic nitrogens is 6. The molecule has 4 aromatic heterocycles. The first kappa shape index (κ1) is 29.1. The number of hydrogen-bond acceptors (Lipinski definition) is 8. The monoisotopic (exact) mass is 610 g/mol. The summed E-state index contributed by atoms with van der Waals surface area (Å²) in [6.45, 7) is 8.14. The lowest BCUT2D eigenvalue weighted by atomic mass is 10.0. The normalized spacial score (nSPS) is 11.5. The van der Waals surface area contributed by atoms with Crippen LogP contribution in [0.25, 0.3) is 22.1 Å². The first-order valence-corrected chi connectivity index (χ1v) is 16.0. The Labute approximate surface area is 259 Å². The van der Waals surface area contributed by atoms with Crippen molar-refractivity contribution in [2.45, 2.75) is 55.9 Å². The van der Waals surface area contributed by atoms with Crippen molar-refractivity contribution in [1.82, 2.24) is 29.9 Å². The summed E-state index contributed by atoms with van der Waals surface area (Å²) in [5.74, 6) is 3.24. The number of hydrogen-bond donors (Lipinski definition) is 2. The van der Waals surface area contributed by atoms with Crippen LogP contribution in [0.5, 0.6) is 11.5 Å². The second-order valence-corrected chi connectivity index (χ2v) is 12.6. The molecule has 6 aromatic rings. The molecule has 4 heterocycles. The largest absolute Gasteiger partial charge is 0.496 e. The number of ether oxygens (including phenoxy) is 2. The molecule has 43 heavy (non-hydrogen) atoms. The Morgan fingerprint density at radius 1 is 0.651 bits per heavy atom. The molecular weight excluding hydrogens is 577 g/mol. The van der Waals surface area contributed by atoms with Gasteiger partial charge in [0.05, 0.1) is 47.7 Å². The summed E-state index contributed by atoms with van der Waals surface area (Å²) in [6, 6.07) is 12.9. The van der Waals surface area contributed by atoms with Crippen LogP contribution < -0.4 is 9.47 Å². The Morgan fingerprint density at radius 3 is 1.51 bits per heavy atom. The average Bonchev–Trinajstić information content (AvgIpc) is 3.59. The van der Waals surface area contributed by atoms with Gasteiger partial charge in [-0.05, 0) is 69.5 Å². The van der Waals surface area contributed by atoms with Gasteiger partial charge in [-0.3, -0.25) is 9.97 Å². The van der Waals surface area contributed by atoms with E-state index in [1.165, 1.54) is 11.1 Å². The SMILES string of the molecule is COc1c(C)cnc(CSc2nc3ccc(Cc4ccc5nc(SCc6ncc(C)c(OC)c6C)[nH]c5c4)cc3[nH]2)c1C. The van der Waals surface area contributed by atoms with Gasteiger partial charge in [0.1, 0.15) is 11.5 Å². The number of aryl methyl sites for hydroxylation is 2. The van der Waals surface area contributed by atoms with Crippen LogP contribution in [-0.4, -0.2) is 44.1 Å². The van der Waals surface area contributed by atoms with E-state index in [-0.39, 0.29) is 0 Å². The Bertz CT molecular complexity index is 1810. The maximum atomic E-state index is 5.56. The van der Waals surface area contributed by atoms with Gasteiger partial charge in [-0.2, -0.15) is 0 Å². The molecule has 0 aliphatic rings. The first-order chi connectivity index (χ1) is 20.8. The smallest absolute Gasteiger partial charge is 0.166 e. The molecular formula is C33H34N6O2S2. The Morgan fingerprint density at radius 2 is 1.09 bits per heavy atom. The molecule has 0 bridgehead atoms. The van der Waals surface area contributed by atoms with E-state index in [4.69, 9.17) is 19.4 Å². The number of fused-ring (bicyclic) bond motifs is 2. The minimum absolute atomic E-state index is 0.717. The number of thioether (sulfide) groups is 2. The third-order valence-electron chi connectivity index (χ3n) is 7.65. The lowest BCUT2D eigenvalue weighted by Crippen LogP contribution is -1.98. The highest BCUT2D eigenvalue weighted by molar-refractivity contribution is 7.98. The molecule has 0 spiro atoms. The van der Waals surface area contributed by atoms with E-state index in [9.17, 15) is 0 Å². The Hall–Kier alpha value is -4.02. The van der Waals surface area contributed by atoms with Crippen molar-refractivity contribution in [1.29, 1.82) is 0 Å². The summed E-state index contributed by atoms with van der Waals surface area (Å²) in [5.41, 5.74) is 12.7. The number of nitrogens with zero attached hydrogens (tertiary/aromatic N) is 4. The van der Waals surface area contributed by atoms with Crippen LogP contribution in [0.2, 0.25) is 0 Å². The summed E-state index contributed by atoms with van der Waals surface area (Å²) in [7, 11) is 3.41. The van der Waals surface area contributed by atoms with Gasteiger partial charge < -0.3 is 19.4 Å². The molecule has 0 unspecified atom stereocenters. The molecule has 10 heteroatoms. The van der Waals surface area contributed by atoms with Gasteiger partial charge in [0, 0.05) is 46.2 Å². The van der Waals surface area contributed by atoms with Gasteiger partial charge in [0.15, 0.2) is 10.3 Å². The van der Waals surface area contributed by atoms with Crippen LogP contribution in [0, 0.1) is 27.7 Å². The molecule has 2 N–H and O–H groups in total. The van der Waals surface area contributed by atoms with Crippen LogP contribution in [-0.2, 0) is 17.9 Å². The van der Waals surface area contributed by atoms with E-state index >= 15 is 0 Å². The molecule has 220 valence electrons. The number of imidazole rings is 2. The second-order valence-electron chi connectivity index (χ2n) is 10.6. The zero-order valence-electron chi connectivity index (χ0n) is 25.2. The van der Waals surface area contributed by atoms with Crippen LogP contribution in [0.4, 0.5) is 0 Å². The van der Waals surface area contributed by atoms with E-state index in [0.717, 1.165) is 95.4 Å². The number of aromatic amines is 2. The van der Waals surface area contributed by atoms with E-state index in [1.54, 1.807) is 37.7 Å². The second kappa shape index (κ2) is 12.3. The van der Waals surface area contributed by atoms with Gasteiger partial charge in [-0.25, -0.2) is 9.97 Å². The van der Waals surface area contributed by atoms with Crippen molar-refractivity contribution < 1.29 is 9.47 Å². The number of benzene rings is 2. The third-order valence-corrected chi connectivity index (χ3v) is 9.42. The highest BCUT2D eigenvalue weighted by atomic mass is 32.2. The molecule has 0 atom stereocenters. The van der Waals surface area contributed by atoms with Crippen molar-refractivity contribution >= 4 is 45.6 Å². The zero-order valence-corrected chi connectivity index (χ0v) is 26.8. The summed E-state index contributed by atoms with van der Waals surface area (Å²) in [6.07, 6.45) is 4.55. The fraction of sp³-hybridized carbons (Fsp3) is 0.273. The highest BCUT2D eigenvalue weighted by Gasteiger charge is 2.13. The maximum Gasteiger partial charge on any atom is 0.166 e. The minimum atomic E-state index is 0.717. The fourth-order valence-corrected chi connectivity index (χ4v) is 7.18. The topological polar surface area (TPSA) is 102 Å². The molecule has 2 aromatic carbocycles. The molecule has 0 aliphatic heterocycles. The lowest BCUT2D eigenvalue weighted by Gasteiger charge is -2.11. The molecule has 0 aliphatic carbocycles. The summed E-state index contributed by atoms with van der Waals surface area (Å²) in [5, 5.41) is 1.76. The molecule has 6 rings (SSSR count). The minimum Gasteiger partial charge on any atom is -0.496 e. The third kappa shape index (κ3) is 6.07. The summed E-state index contributed by atoms with van der Waals surface area (Å²) >= 11 is 3.30. The summed E-state index contributed by atoms with van der Waals surface area (Å²) in [4.78, 5) is 25.8. The maximum absolute atomic E-state index is 5.56. The van der Waals surface area contributed by atoms with E-state index in [1.807, 2.05) is 26.2 Å². The predicted octanol–water partition coefficient (Wildman–Crippen LogP) is 7.66. The van der Waals surface area contributed by atoms with Crippen LogP contribution >= 0.6 is 23.5 Å². The Balaban J connectivity index is 1.13. The first-order valence-electron chi connectivity index (χ1n) is 14.0. The average molecular weight is 611 g/mol. The predicted molar refractivity (Wildman–Crippen MR) is 175 cm³/mol. The number of pyridine rings is 2. The van der Waals surface area contributed by atoms with Gasteiger partial charge in [-0.15, -0.1) is 0 Å². The van der Waals surface area contributed by atoms with Gasteiger partial charge >= 0.3 is 0 Å². The fourth-order valence-electron chi connectivity index (χ4n) is 5.37. The van der Waals surface area contributed by atoms with Crippen LogP contribution in [0.1, 0.15) is 44.8 Å². The number of H-pyrrole nitrogens is 2. The van der Waals surface area contributed by atoms with Crippen LogP contribution in [0.15, 0.2) is 59.1 Å². The van der Waals surface area contributed by atoms with Gasteiger partial charge in [0.25, 0.3) is 0 Å². The molecule has 0 saturated carbocycles. The van der Waals surface area contributed by atoms with Crippen molar-refractivity contribution in [3.63, 3.8) is 0 Å². The number of rotatable bonds is 10. The molecule has 8 nitrogen and oxygen atoms in total. The van der Waals surface area contributed by atoms with E-state index in [0.29, 0.717) is 0 Å². The van der Waals surface area contributed by atoms with Crippen LogP contribution in [0.3, 0.4) is 0 Å². The van der Waals surface area contributed by atoms with Gasteiger partial charge in [-0.1, -0.05) is 35.7 Å². The number of nitrogens with one attached hydrogen (secondary N) is 2. The number of methoxy groups -OCH3 is 2. The molecule has 0 saturated heterocycles. The summed E-state index contributed by atoms with van der Waals surface area (Å²) < 4.78 is 11.1. The van der Waals surface area contributed by atoms with Crippen molar-refractivity contribution in [3.8, 4) is 11.5 Å². The van der Waals surface area contributed by atoms with Crippen molar-refractivity contribution in [2.24, 2.45) is 0 Å². The zero-order chi connectivity index (χ0) is 30.1. The highest BCUT2D eigenvalue weighted by Crippen LogP contribution is 2.31. The van der Waals surface area contributed by atoms with E-state index < -0.39 is 0 Å². The van der Waals surface area contributed by atoms with Gasteiger partial charge in [0.2, 0.25) is 0 Å². The molecule has 0 fully saturated rings. The van der Waals surface area contributed by atoms with Crippen molar-refractivity contribution in [2.75, 3.05) is 14.2 Å². The Kier molecular flexibility index (Phi) is 8.32. The van der Waals surface area contributed by atoms with Crippen molar-refractivity contribution in [3.05, 3.63) is 93.6 Å². The molecule has 0 radical (unpaired) electrons. The standard InChI is InChI=1S/C33H34N6O2S2/c1-18-14-34-28(20(3)30(18)40-5)16-42-32-36-24-9-7-22(12-26(24)38-32)11-23-8-10-25-27(13-23)39-33(37-25)43-17-29-21(4)31(41-6)19(2)15-35-29/h7-10,12-15H,11,16-17H2,1-6H3,(H,36,38)(H,37,39). The van der Waals surface area contributed by atoms with E-state index in [2.05, 4.69) is 70.2 Å².